The topological polar surface area (TPSA) is 69.9 Å². The Hall–Kier alpha value is -3.64. The predicted octanol–water partition coefficient (Wildman–Crippen LogP) is 6.74. The number of rotatable bonds is 9. The summed E-state index contributed by atoms with van der Waals surface area (Å²) in [5.41, 5.74) is 14.6. The van der Waals surface area contributed by atoms with Gasteiger partial charge >= 0.3 is 0 Å². The Morgan fingerprint density at radius 1 is 0.886 bits per heavy atom. The second-order valence-electron chi connectivity index (χ2n) is 13.4. The molecule has 2 amide bonds. The number of hydrogen-bond donors (Lipinski definition) is 1. The molecule has 6 heteroatoms. The number of unbranched alkanes of at least 4 members (excludes halogenated alkanes) is 1. The first-order chi connectivity index (χ1) is 21.5. The molecule has 0 radical (unpaired) electrons. The Labute approximate surface area is 262 Å². The molecule has 4 aliphatic rings. The average Bonchev–Trinajstić information content (AvgIpc) is 3.55. The molecule has 0 spiro atoms. The molecule has 230 valence electrons. The normalized spacial score (nSPS) is 21.8. The average molecular weight is 591 g/mol. The van der Waals surface area contributed by atoms with Crippen molar-refractivity contribution in [3.8, 4) is 11.1 Å². The van der Waals surface area contributed by atoms with Crippen LogP contribution in [0, 0.1) is 0 Å². The number of amides is 2. The molecule has 0 aromatic heterocycles. The molecule has 7 rings (SSSR count). The number of benzene rings is 3. The van der Waals surface area contributed by atoms with Gasteiger partial charge in [0.2, 0.25) is 5.91 Å². The van der Waals surface area contributed by atoms with E-state index in [1.165, 1.54) is 47.2 Å². The number of nitrogens with two attached hydrogens (primary N) is 1. The smallest absolute Gasteiger partial charge is 0.254 e. The van der Waals surface area contributed by atoms with Gasteiger partial charge in [0, 0.05) is 61.0 Å². The minimum atomic E-state index is -0.334. The highest BCUT2D eigenvalue weighted by Gasteiger charge is 2.43. The highest BCUT2D eigenvalue weighted by atomic mass is 16.2. The summed E-state index contributed by atoms with van der Waals surface area (Å²) in [6.07, 6.45) is 10.3. The molecular formula is C38H46N4O2. The van der Waals surface area contributed by atoms with Crippen molar-refractivity contribution in [3.63, 3.8) is 0 Å². The van der Waals surface area contributed by atoms with Crippen molar-refractivity contribution < 1.29 is 9.59 Å². The Kier molecular flexibility index (Phi) is 7.96. The van der Waals surface area contributed by atoms with Crippen molar-refractivity contribution in [3.05, 3.63) is 88.5 Å². The summed E-state index contributed by atoms with van der Waals surface area (Å²) in [5.74, 6) is -0.0904. The second kappa shape index (κ2) is 12.0. The summed E-state index contributed by atoms with van der Waals surface area (Å²) in [4.78, 5) is 33.0. The Morgan fingerprint density at radius 3 is 2.43 bits per heavy atom. The number of primary amides is 1. The first-order valence-electron chi connectivity index (χ1n) is 16.9. The Bertz CT molecular complexity index is 1550. The molecule has 6 nitrogen and oxygen atoms in total. The van der Waals surface area contributed by atoms with E-state index in [9.17, 15) is 9.59 Å². The number of piperazine rings is 1. The lowest BCUT2D eigenvalue weighted by atomic mass is 9.71. The molecule has 3 aromatic carbocycles. The van der Waals surface area contributed by atoms with Crippen LogP contribution in [0.5, 0.6) is 0 Å². The van der Waals surface area contributed by atoms with E-state index >= 15 is 0 Å². The molecule has 1 saturated carbocycles. The van der Waals surface area contributed by atoms with Crippen molar-refractivity contribution in [2.24, 2.45) is 5.73 Å². The van der Waals surface area contributed by atoms with Crippen LogP contribution in [-0.4, -0.2) is 60.4 Å². The van der Waals surface area contributed by atoms with Crippen LogP contribution < -0.4 is 10.6 Å². The fourth-order valence-corrected chi connectivity index (χ4v) is 8.76. The van der Waals surface area contributed by atoms with Crippen LogP contribution in [0.4, 0.5) is 5.69 Å². The lowest BCUT2D eigenvalue weighted by molar-refractivity contribution is 0.0660. The van der Waals surface area contributed by atoms with E-state index in [4.69, 9.17) is 5.73 Å². The maximum atomic E-state index is 13.3. The lowest BCUT2D eigenvalue weighted by Crippen LogP contribution is -2.46. The maximum Gasteiger partial charge on any atom is 0.254 e. The van der Waals surface area contributed by atoms with Gasteiger partial charge in [0.25, 0.3) is 5.91 Å². The van der Waals surface area contributed by atoms with Crippen LogP contribution in [0.15, 0.2) is 60.7 Å². The monoisotopic (exact) mass is 590 g/mol. The summed E-state index contributed by atoms with van der Waals surface area (Å²) >= 11 is 0. The summed E-state index contributed by atoms with van der Waals surface area (Å²) in [7, 11) is 0. The van der Waals surface area contributed by atoms with Crippen molar-refractivity contribution in [2.45, 2.75) is 82.7 Å². The van der Waals surface area contributed by atoms with E-state index in [-0.39, 0.29) is 17.2 Å². The molecule has 44 heavy (non-hydrogen) atoms. The van der Waals surface area contributed by atoms with Crippen molar-refractivity contribution in [1.82, 2.24) is 9.80 Å². The van der Waals surface area contributed by atoms with Crippen LogP contribution >= 0.6 is 0 Å². The predicted molar refractivity (Wildman–Crippen MR) is 177 cm³/mol. The molecule has 2 fully saturated rings. The molecule has 1 saturated heterocycles. The first kappa shape index (κ1) is 29.1. The molecule has 2 N–H and O–H groups in total. The van der Waals surface area contributed by atoms with E-state index < -0.39 is 0 Å². The zero-order valence-electron chi connectivity index (χ0n) is 26.2. The van der Waals surface area contributed by atoms with Crippen molar-refractivity contribution in [2.75, 3.05) is 37.6 Å². The molecule has 2 aliphatic carbocycles. The number of nitrogens with zero attached hydrogens (tertiary/aromatic N) is 3. The minimum Gasteiger partial charge on any atom is -0.369 e. The zero-order valence-corrected chi connectivity index (χ0v) is 26.2. The van der Waals surface area contributed by atoms with E-state index in [1.807, 2.05) is 12.1 Å². The molecule has 1 unspecified atom stereocenters. The van der Waals surface area contributed by atoms with Gasteiger partial charge in [-0.2, -0.15) is 0 Å². The zero-order chi connectivity index (χ0) is 30.3. The molecular weight excluding hydrogens is 544 g/mol. The fraction of sp³-hybridized carbons (Fsp3) is 0.474. The van der Waals surface area contributed by atoms with Crippen LogP contribution in [0.1, 0.15) is 102 Å². The fourth-order valence-electron chi connectivity index (χ4n) is 8.76. The van der Waals surface area contributed by atoms with Crippen LogP contribution in [0.3, 0.4) is 0 Å². The van der Waals surface area contributed by atoms with Crippen molar-refractivity contribution >= 4 is 17.5 Å². The Morgan fingerprint density at radius 2 is 1.66 bits per heavy atom. The summed E-state index contributed by atoms with van der Waals surface area (Å²) in [6.45, 7) is 8.17. The quantitative estimate of drug-likeness (QED) is 0.280. The first-order valence-corrected chi connectivity index (χ1v) is 16.9. The molecule has 1 atom stereocenters. The van der Waals surface area contributed by atoms with Crippen LogP contribution in [0.25, 0.3) is 11.1 Å². The Balaban J connectivity index is 0.958. The SMILES string of the molecule is CCC1(CCCCN2CCN(c3ccc4c(c3)C(=O)N(C3CCCCC3)C4)CC2)c2ccccc2-c2cccc(C(N)=O)c21. The minimum absolute atomic E-state index is 0.173. The van der Waals surface area contributed by atoms with Gasteiger partial charge in [-0.05, 0) is 84.7 Å². The number of carbonyl (C=O) groups excluding carboxylic acids is 2. The number of anilines is 1. The summed E-state index contributed by atoms with van der Waals surface area (Å²) < 4.78 is 0. The third-order valence-corrected chi connectivity index (χ3v) is 11.2. The molecule has 2 heterocycles. The van der Waals surface area contributed by atoms with Gasteiger partial charge in [0.05, 0.1) is 0 Å². The highest BCUT2D eigenvalue weighted by molar-refractivity contribution is 6.00. The van der Waals surface area contributed by atoms with E-state index in [1.54, 1.807) is 0 Å². The van der Waals surface area contributed by atoms with Gasteiger partial charge in [-0.1, -0.05) is 75.1 Å². The summed E-state index contributed by atoms with van der Waals surface area (Å²) in [5, 5.41) is 0. The number of fused-ring (bicyclic) bond motifs is 4. The third-order valence-electron chi connectivity index (χ3n) is 11.2. The van der Waals surface area contributed by atoms with Gasteiger partial charge in [-0.15, -0.1) is 0 Å². The largest absolute Gasteiger partial charge is 0.369 e. The second-order valence-corrected chi connectivity index (χ2v) is 13.4. The molecule has 2 aliphatic heterocycles. The van der Waals surface area contributed by atoms with Gasteiger partial charge in [-0.25, -0.2) is 0 Å². The number of carbonyl (C=O) groups is 2. The van der Waals surface area contributed by atoms with Gasteiger partial charge < -0.3 is 15.5 Å². The molecule has 3 aromatic rings. The van der Waals surface area contributed by atoms with Crippen LogP contribution in [-0.2, 0) is 12.0 Å². The third kappa shape index (κ3) is 5.01. The van der Waals surface area contributed by atoms with E-state index in [0.717, 1.165) is 88.9 Å². The maximum absolute atomic E-state index is 13.3. The van der Waals surface area contributed by atoms with Crippen molar-refractivity contribution in [1.29, 1.82) is 0 Å². The van der Waals surface area contributed by atoms with E-state index in [2.05, 4.69) is 70.2 Å². The van der Waals surface area contributed by atoms with E-state index in [0.29, 0.717) is 11.6 Å². The lowest BCUT2D eigenvalue weighted by Gasteiger charge is -2.36. The number of hydrogen-bond acceptors (Lipinski definition) is 4. The van der Waals surface area contributed by atoms with Gasteiger partial charge in [0.1, 0.15) is 0 Å². The van der Waals surface area contributed by atoms with Gasteiger partial charge in [0.15, 0.2) is 0 Å². The molecule has 0 bridgehead atoms. The van der Waals surface area contributed by atoms with Gasteiger partial charge in [-0.3, -0.25) is 14.5 Å². The highest BCUT2D eigenvalue weighted by Crippen LogP contribution is 2.54. The summed E-state index contributed by atoms with van der Waals surface area (Å²) in [6, 6.07) is 21.7. The van der Waals surface area contributed by atoms with Crippen LogP contribution in [0.2, 0.25) is 0 Å². The standard InChI is InChI=1S/C38H46N4O2/c1-2-38(34-16-7-6-13-30(34)31-14-10-15-32(35(31)38)36(39)43)19-8-9-20-40-21-23-41(24-22-40)29-18-17-27-26-42(37(44)33(27)25-29)28-11-4-3-5-12-28/h6-7,10,13-18,25,28H,2-5,8-9,11-12,19-24,26H2,1H3,(H2,39,43).